The highest BCUT2D eigenvalue weighted by atomic mass is 16.5. The van der Waals surface area contributed by atoms with Crippen molar-refractivity contribution in [3.8, 4) is 0 Å². The Hall–Kier alpha value is -0.120. The molecule has 1 fully saturated rings. The van der Waals surface area contributed by atoms with Gasteiger partial charge in [-0.15, -0.1) is 0 Å². The minimum absolute atomic E-state index is 0.348. The number of methoxy groups -OCH3 is 1. The van der Waals surface area contributed by atoms with Crippen LogP contribution >= 0.6 is 0 Å². The Morgan fingerprint density at radius 1 is 1.62 bits per heavy atom. The van der Waals surface area contributed by atoms with Gasteiger partial charge in [0.05, 0.1) is 6.61 Å². The van der Waals surface area contributed by atoms with E-state index < -0.39 is 0 Å². The van der Waals surface area contributed by atoms with Gasteiger partial charge in [0.15, 0.2) is 0 Å². The van der Waals surface area contributed by atoms with Gasteiger partial charge in [-0.25, -0.2) is 0 Å². The molecule has 0 aliphatic carbocycles. The van der Waals surface area contributed by atoms with Crippen molar-refractivity contribution >= 4 is 0 Å². The molecule has 78 valence electrons. The van der Waals surface area contributed by atoms with Crippen LogP contribution in [0.15, 0.2) is 0 Å². The number of hydrogen-bond acceptors (Lipinski definition) is 3. The maximum atomic E-state index is 5.90. The minimum Gasteiger partial charge on any atom is -0.384 e. The van der Waals surface area contributed by atoms with Gasteiger partial charge < -0.3 is 15.4 Å². The van der Waals surface area contributed by atoms with Gasteiger partial charge in [-0.3, -0.25) is 0 Å². The van der Waals surface area contributed by atoms with Crippen molar-refractivity contribution in [3.63, 3.8) is 0 Å². The maximum Gasteiger partial charge on any atom is 0.0503 e. The first-order chi connectivity index (χ1) is 6.26. The summed E-state index contributed by atoms with van der Waals surface area (Å²) in [5.41, 5.74) is 5.90. The molecule has 0 saturated carbocycles. The van der Waals surface area contributed by atoms with Crippen molar-refractivity contribution in [1.29, 1.82) is 0 Å². The maximum absolute atomic E-state index is 5.90. The Labute approximate surface area is 81.2 Å². The number of hydrogen-bond donors (Lipinski definition) is 1. The Bertz CT molecular complexity index is 141. The summed E-state index contributed by atoms with van der Waals surface area (Å²) in [5.74, 6) is 0.731. The molecule has 0 aromatic rings. The van der Waals surface area contributed by atoms with Crippen LogP contribution in [0.25, 0.3) is 0 Å². The van der Waals surface area contributed by atoms with E-state index in [1.54, 1.807) is 7.11 Å². The zero-order valence-electron chi connectivity index (χ0n) is 8.83. The third kappa shape index (κ3) is 3.63. The van der Waals surface area contributed by atoms with Gasteiger partial charge in [-0.05, 0) is 25.3 Å². The van der Waals surface area contributed by atoms with E-state index in [1.165, 1.54) is 19.5 Å². The summed E-state index contributed by atoms with van der Waals surface area (Å²) in [6.07, 6.45) is 2.34. The fourth-order valence-electron chi connectivity index (χ4n) is 1.91. The van der Waals surface area contributed by atoms with Crippen LogP contribution in [-0.4, -0.2) is 44.3 Å². The summed E-state index contributed by atoms with van der Waals surface area (Å²) in [6, 6.07) is 0.348. The van der Waals surface area contributed by atoms with Crippen LogP contribution in [0.4, 0.5) is 0 Å². The van der Waals surface area contributed by atoms with Crippen molar-refractivity contribution < 1.29 is 4.74 Å². The minimum atomic E-state index is 0.348. The first-order valence-electron chi connectivity index (χ1n) is 5.23. The Kier molecular flexibility index (Phi) is 4.70. The molecule has 0 spiro atoms. The number of nitrogens with zero attached hydrogens (tertiary/aromatic N) is 1. The summed E-state index contributed by atoms with van der Waals surface area (Å²) in [5, 5.41) is 0. The average molecular weight is 186 g/mol. The van der Waals surface area contributed by atoms with Crippen molar-refractivity contribution in [3.05, 3.63) is 0 Å². The van der Waals surface area contributed by atoms with Gasteiger partial charge in [0, 0.05) is 26.2 Å². The molecule has 0 bridgehead atoms. The monoisotopic (exact) mass is 186 g/mol. The van der Waals surface area contributed by atoms with E-state index in [1.807, 2.05) is 0 Å². The van der Waals surface area contributed by atoms with Crippen LogP contribution in [0.1, 0.15) is 19.8 Å². The molecule has 1 heterocycles. The van der Waals surface area contributed by atoms with E-state index in [4.69, 9.17) is 10.5 Å². The Balaban J connectivity index is 2.17. The van der Waals surface area contributed by atoms with Crippen LogP contribution in [0.2, 0.25) is 0 Å². The topological polar surface area (TPSA) is 38.5 Å². The summed E-state index contributed by atoms with van der Waals surface area (Å²) in [6.45, 7) is 6.46. The van der Waals surface area contributed by atoms with E-state index in [2.05, 4.69) is 11.8 Å². The zero-order valence-corrected chi connectivity index (χ0v) is 8.83. The van der Waals surface area contributed by atoms with Crippen LogP contribution in [0.3, 0.4) is 0 Å². The van der Waals surface area contributed by atoms with E-state index in [9.17, 15) is 0 Å². The molecule has 0 amide bonds. The van der Waals surface area contributed by atoms with Gasteiger partial charge in [0.25, 0.3) is 0 Å². The van der Waals surface area contributed by atoms with Gasteiger partial charge in [0.1, 0.15) is 0 Å². The summed E-state index contributed by atoms with van der Waals surface area (Å²) < 4.78 is 5.15. The number of rotatable bonds is 5. The molecule has 2 N–H and O–H groups in total. The molecule has 1 saturated heterocycles. The van der Waals surface area contributed by atoms with Gasteiger partial charge in [-0.2, -0.15) is 0 Å². The second-order valence-electron chi connectivity index (χ2n) is 4.04. The van der Waals surface area contributed by atoms with E-state index >= 15 is 0 Å². The largest absolute Gasteiger partial charge is 0.384 e. The summed E-state index contributed by atoms with van der Waals surface area (Å²) in [7, 11) is 1.78. The molecule has 0 aromatic heterocycles. The first kappa shape index (κ1) is 11.0. The number of ether oxygens (including phenoxy) is 1. The predicted octanol–water partition coefficient (Wildman–Crippen LogP) is 0.692. The number of nitrogens with two attached hydrogens (primary N) is 1. The fraction of sp³-hybridized carbons (Fsp3) is 1.00. The van der Waals surface area contributed by atoms with Gasteiger partial charge in [-0.1, -0.05) is 6.92 Å². The lowest BCUT2D eigenvalue weighted by atomic mass is 10.1. The lowest BCUT2D eigenvalue weighted by Gasteiger charge is -2.19. The SMILES string of the molecule is CCC(N)CN1CCC(COC)C1. The van der Waals surface area contributed by atoms with Crippen LogP contribution in [-0.2, 0) is 4.74 Å². The molecule has 0 radical (unpaired) electrons. The quantitative estimate of drug-likeness (QED) is 0.686. The molecule has 1 aliphatic rings. The van der Waals surface area contributed by atoms with E-state index in [0.717, 1.165) is 25.5 Å². The lowest BCUT2D eigenvalue weighted by molar-refractivity contribution is 0.152. The van der Waals surface area contributed by atoms with Gasteiger partial charge in [0.2, 0.25) is 0 Å². The average Bonchev–Trinajstić information content (AvgIpc) is 2.53. The third-order valence-electron chi connectivity index (χ3n) is 2.79. The highest BCUT2D eigenvalue weighted by Gasteiger charge is 2.22. The molecular weight excluding hydrogens is 164 g/mol. The van der Waals surface area contributed by atoms with Crippen molar-refractivity contribution in [1.82, 2.24) is 4.90 Å². The third-order valence-corrected chi connectivity index (χ3v) is 2.79. The molecule has 1 rings (SSSR count). The van der Waals surface area contributed by atoms with Crippen molar-refractivity contribution in [2.24, 2.45) is 11.7 Å². The zero-order chi connectivity index (χ0) is 9.68. The molecule has 3 nitrogen and oxygen atoms in total. The fourth-order valence-corrected chi connectivity index (χ4v) is 1.91. The molecular formula is C10H22N2O. The normalized spacial score (nSPS) is 26.5. The smallest absolute Gasteiger partial charge is 0.0503 e. The Morgan fingerprint density at radius 2 is 2.38 bits per heavy atom. The highest BCUT2D eigenvalue weighted by molar-refractivity contribution is 4.77. The van der Waals surface area contributed by atoms with E-state index in [-0.39, 0.29) is 0 Å². The molecule has 2 unspecified atom stereocenters. The molecule has 1 aliphatic heterocycles. The molecule has 3 heteroatoms. The van der Waals surface area contributed by atoms with Crippen molar-refractivity contribution in [2.45, 2.75) is 25.8 Å². The summed E-state index contributed by atoms with van der Waals surface area (Å²) in [4.78, 5) is 2.46. The standard InChI is InChI=1S/C10H22N2O/c1-3-10(11)7-12-5-4-9(6-12)8-13-2/h9-10H,3-8,11H2,1-2H3. The second-order valence-corrected chi connectivity index (χ2v) is 4.04. The van der Waals surface area contributed by atoms with Crippen molar-refractivity contribution in [2.75, 3.05) is 33.4 Å². The second kappa shape index (κ2) is 5.58. The summed E-state index contributed by atoms with van der Waals surface area (Å²) >= 11 is 0. The predicted molar refractivity (Wildman–Crippen MR) is 54.7 cm³/mol. The van der Waals surface area contributed by atoms with E-state index in [0.29, 0.717) is 6.04 Å². The van der Waals surface area contributed by atoms with Crippen LogP contribution in [0, 0.1) is 5.92 Å². The van der Waals surface area contributed by atoms with Crippen LogP contribution in [0.5, 0.6) is 0 Å². The number of likely N-dealkylation sites (tertiary alicyclic amines) is 1. The Morgan fingerprint density at radius 3 is 3.00 bits per heavy atom. The lowest BCUT2D eigenvalue weighted by Crippen LogP contribution is -2.36. The molecule has 2 atom stereocenters. The first-order valence-corrected chi connectivity index (χ1v) is 5.23. The molecule has 13 heavy (non-hydrogen) atoms. The highest BCUT2D eigenvalue weighted by Crippen LogP contribution is 2.16. The van der Waals surface area contributed by atoms with Crippen LogP contribution < -0.4 is 5.73 Å². The van der Waals surface area contributed by atoms with Gasteiger partial charge >= 0.3 is 0 Å². The molecule has 0 aromatic carbocycles.